The first kappa shape index (κ1) is 13.3. The van der Waals surface area contributed by atoms with Gasteiger partial charge in [-0.05, 0) is 25.6 Å². The molecule has 2 aromatic rings. The summed E-state index contributed by atoms with van der Waals surface area (Å²) < 4.78 is 1.04. The number of nitrogens with one attached hydrogen (secondary N) is 2. The quantitative estimate of drug-likeness (QED) is 0.761. The van der Waals surface area contributed by atoms with Crippen molar-refractivity contribution in [3.8, 4) is 11.3 Å². The van der Waals surface area contributed by atoms with Crippen LogP contribution in [0.1, 0.15) is 19.7 Å². The summed E-state index contributed by atoms with van der Waals surface area (Å²) in [7, 11) is 0. The summed E-state index contributed by atoms with van der Waals surface area (Å²) in [5, 5.41) is 3.19. The third kappa shape index (κ3) is 2.80. The second-order valence-electron chi connectivity index (χ2n) is 4.39. The van der Waals surface area contributed by atoms with Gasteiger partial charge in [-0.1, -0.05) is 35.0 Å². The van der Waals surface area contributed by atoms with Crippen molar-refractivity contribution in [1.29, 1.82) is 0 Å². The highest BCUT2D eigenvalue weighted by Gasteiger charge is 2.23. The number of imidazole rings is 1. The van der Waals surface area contributed by atoms with Crippen molar-refractivity contribution in [1.82, 2.24) is 15.3 Å². The summed E-state index contributed by atoms with van der Waals surface area (Å²) in [4.78, 5) is 7.62. The molecule has 1 aromatic carbocycles. The molecule has 1 heterocycles. The van der Waals surface area contributed by atoms with Crippen LogP contribution in [0.25, 0.3) is 11.3 Å². The summed E-state index contributed by atoms with van der Waals surface area (Å²) in [6.07, 6.45) is 1.81. The van der Waals surface area contributed by atoms with Crippen molar-refractivity contribution in [3.63, 3.8) is 0 Å². The number of nitrogens with two attached hydrogens (primary N) is 1. The predicted molar refractivity (Wildman–Crippen MR) is 76.9 cm³/mol. The lowest BCUT2D eigenvalue weighted by atomic mass is 10.2. The Morgan fingerprint density at radius 2 is 2.28 bits per heavy atom. The van der Waals surface area contributed by atoms with Gasteiger partial charge in [0.15, 0.2) is 0 Å². The summed E-state index contributed by atoms with van der Waals surface area (Å²) in [5.74, 6) is 0.735. The van der Waals surface area contributed by atoms with Crippen LogP contribution in [0.2, 0.25) is 0 Å². The molecule has 4 nitrogen and oxygen atoms in total. The Balaban J connectivity index is 2.31. The molecule has 0 aliphatic carbocycles. The molecule has 0 aliphatic rings. The first-order chi connectivity index (χ1) is 8.53. The number of hydrogen-bond donors (Lipinski definition) is 3. The molecule has 0 amide bonds. The zero-order valence-corrected chi connectivity index (χ0v) is 12.1. The number of aromatic amines is 1. The van der Waals surface area contributed by atoms with E-state index in [9.17, 15) is 0 Å². The van der Waals surface area contributed by atoms with Crippen molar-refractivity contribution < 1.29 is 0 Å². The van der Waals surface area contributed by atoms with E-state index in [2.05, 4.69) is 31.2 Å². The van der Waals surface area contributed by atoms with Crippen LogP contribution in [0.5, 0.6) is 0 Å². The average molecular weight is 309 g/mol. The molecule has 0 radical (unpaired) electrons. The number of aromatic nitrogens is 2. The lowest BCUT2D eigenvalue weighted by molar-refractivity contribution is 0.371. The van der Waals surface area contributed by atoms with E-state index in [1.54, 1.807) is 6.20 Å². The van der Waals surface area contributed by atoms with Crippen LogP contribution in [0.3, 0.4) is 0 Å². The summed E-state index contributed by atoms with van der Waals surface area (Å²) >= 11 is 3.46. The van der Waals surface area contributed by atoms with Crippen molar-refractivity contribution in [2.24, 2.45) is 5.73 Å². The molecule has 1 atom stereocenters. The van der Waals surface area contributed by atoms with Crippen molar-refractivity contribution >= 4 is 15.9 Å². The standard InChI is InChI=1S/C13H17BrN4/c1-3-17-13(2,15)12-16-8-11(18-12)9-5-4-6-10(14)7-9/h4-8,17H,3,15H2,1-2H3,(H,16,18). The number of H-pyrrole nitrogens is 1. The fraction of sp³-hybridized carbons (Fsp3) is 0.308. The van der Waals surface area contributed by atoms with Gasteiger partial charge in [-0.3, -0.25) is 5.32 Å². The van der Waals surface area contributed by atoms with E-state index in [1.807, 2.05) is 38.1 Å². The van der Waals surface area contributed by atoms with Crippen LogP contribution < -0.4 is 11.1 Å². The monoisotopic (exact) mass is 308 g/mol. The maximum Gasteiger partial charge on any atom is 0.141 e. The Morgan fingerprint density at radius 1 is 1.50 bits per heavy atom. The van der Waals surface area contributed by atoms with E-state index in [0.717, 1.165) is 28.1 Å². The van der Waals surface area contributed by atoms with Gasteiger partial charge >= 0.3 is 0 Å². The maximum absolute atomic E-state index is 6.16. The number of hydrogen-bond acceptors (Lipinski definition) is 3. The zero-order chi connectivity index (χ0) is 13.2. The maximum atomic E-state index is 6.16. The zero-order valence-electron chi connectivity index (χ0n) is 10.5. The molecule has 1 aromatic heterocycles. The lowest BCUT2D eigenvalue weighted by Crippen LogP contribution is -2.48. The highest BCUT2D eigenvalue weighted by Crippen LogP contribution is 2.22. The lowest BCUT2D eigenvalue weighted by Gasteiger charge is -2.22. The Kier molecular flexibility index (Phi) is 3.85. The first-order valence-electron chi connectivity index (χ1n) is 5.88. The summed E-state index contributed by atoms with van der Waals surface area (Å²) in [5.41, 5.74) is 7.55. The van der Waals surface area contributed by atoms with E-state index in [-0.39, 0.29) is 0 Å². The topological polar surface area (TPSA) is 66.7 Å². The van der Waals surface area contributed by atoms with Crippen LogP contribution in [0, 0.1) is 0 Å². The molecule has 0 saturated carbocycles. The minimum Gasteiger partial charge on any atom is -0.339 e. The normalized spacial score (nSPS) is 14.4. The molecule has 96 valence electrons. The fourth-order valence-electron chi connectivity index (χ4n) is 1.84. The Bertz CT molecular complexity index is 533. The summed E-state index contributed by atoms with van der Waals surface area (Å²) in [6.45, 7) is 4.71. The van der Waals surface area contributed by atoms with Gasteiger partial charge in [0.05, 0.1) is 11.9 Å². The van der Waals surface area contributed by atoms with Gasteiger partial charge in [-0.15, -0.1) is 0 Å². The molecule has 1 unspecified atom stereocenters. The summed E-state index contributed by atoms with van der Waals surface area (Å²) in [6, 6.07) is 8.06. The fourth-order valence-corrected chi connectivity index (χ4v) is 2.24. The molecule has 18 heavy (non-hydrogen) atoms. The largest absolute Gasteiger partial charge is 0.339 e. The Morgan fingerprint density at radius 3 is 2.94 bits per heavy atom. The van der Waals surface area contributed by atoms with Gasteiger partial charge in [0, 0.05) is 10.0 Å². The number of nitrogens with zero attached hydrogens (tertiary/aromatic N) is 1. The highest BCUT2D eigenvalue weighted by atomic mass is 79.9. The third-order valence-corrected chi connectivity index (χ3v) is 3.24. The molecule has 0 fully saturated rings. The van der Waals surface area contributed by atoms with Gasteiger partial charge in [0.2, 0.25) is 0 Å². The van der Waals surface area contributed by atoms with Crippen molar-refractivity contribution in [3.05, 3.63) is 40.8 Å². The molecule has 5 heteroatoms. The molecule has 0 aliphatic heterocycles. The second kappa shape index (κ2) is 5.22. The van der Waals surface area contributed by atoms with E-state index >= 15 is 0 Å². The highest BCUT2D eigenvalue weighted by molar-refractivity contribution is 9.10. The molecule has 0 bridgehead atoms. The SMILES string of the molecule is CCNC(C)(N)c1ncc(-c2cccc(Br)c2)[nH]1. The first-order valence-corrected chi connectivity index (χ1v) is 6.67. The van der Waals surface area contributed by atoms with Gasteiger partial charge in [0.1, 0.15) is 11.5 Å². The van der Waals surface area contributed by atoms with Crippen LogP contribution in [-0.2, 0) is 5.66 Å². The van der Waals surface area contributed by atoms with Crippen LogP contribution in [0.4, 0.5) is 0 Å². The van der Waals surface area contributed by atoms with Crippen molar-refractivity contribution in [2.75, 3.05) is 6.54 Å². The number of rotatable bonds is 4. The Hall–Kier alpha value is -1.17. The van der Waals surface area contributed by atoms with E-state index in [1.165, 1.54) is 0 Å². The molecular formula is C13H17BrN4. The van der Waals surface area contributed by atoms with Crippen LogP contribution in [0.15, 0.2) is 34.9 Å². The smallest absolute Gasteiger partial charge is 0.141 e. The molecule has 2 rings (SSSR count). The van der Waals surface area contributed by atoms with E-state index in [0.29, 0.717) is 0 Å². The van der Waals surface area contributed by atoms with E-state index < -0.39 is 5.66 Å². The number of halogens is 1. The van der Waals surface area contributed by atoms with E-state index in [4.69, 9.17) is 5.73 Å². The molecule has 0 saturated heterocycles. The van der Waals surface area contributed by atoms with Crippen molar-refractivity contribution in [2.45, 2.75) is 19.5 Å². The third-order valence-electron chi connectivity index (χ3n) is 2.75. The van der Waals surface area contributed by atoms with Gasteiger partial charge in [0.25, 0.3) is 0 Å². The van der Waals surface area contributed by atoms with Gasteiger partial charge < -0.3 is 10.7 Å². The molecule has 4 N–H and O–H groups in total. The predicted octanol–water partition coefficient (Wildman–Crippen LogP) is 2.58. The molecular weight excluding hydrogens is 292 g/mol. The minimum absolute atomic E-state index is 0.640. The van der Waals surface area contributed by atoms with Gasteiger partial charge in [-0.25, -0.2) is 4.98 Å². The van der Waals surface area contributed by atoms with Gasteiger partial charge in [-0.2, -0.15) is 0 Å². The Labute approximate surface area is 115 Å². The van der Waals surface area contributed by atoms with Crippen LogP contribution >= 0.6 is 15.9 Å². The van der Waals surface area contributed by atoms with Crippen LogP contribution in [-0.4, -0.2) is 16.5 Å². The molecule has 0 spiro atoms. The minimum atomic E-state index is -0.640. The number of benzene rings is 1. The second-order valence-corrected chi connectivity index (χ2v) is 5.30. The average Bonchev–Trinajstić information content (AvgIpc) is 2.78.